The second kappa shape index (κ2) is 8.76. The first-order valence-corrected chi connectivity index (χ1v) is 9.37. The number of nitrogens with one attached hydrogen (secondary N) is 1. The van der Waals surface area contributed by atoms with Crippen LogP contribution in [0.5, 0.6) is 5.75 Å². The van der Waals surface area contributed by atoms with E-state index < -0.39 is 0 Å². The molecule has 132 valence electrons. The van der Waals surface area contributed by atoms with Crippen LogP contribution in [0, 0.1) is 5.82 Å². The first-order chi connectivity index (χ1) is 12.2. The number of fused-ring (bicyclic) bond motifs is 1. The molecule has 0 bridgehead atoms. The van der Waals surface area contributed by atoms with Gasteiger partial charge < -0.3 is 15.8 Å². The molecule has 2 aromatic rings. The lowest BCUT2D eigenvalue weighted by Gasteiger charge is -2.26. The van der Waals surface area contributed by atoms with E-state index in [9.17, 15) is 4.39 Å². The van der Waals surface area contributed by atoms with Gasteiger partial charge in [-0.25, -0.2) is 4.39 Å². The van der Waals surface area contributed by atoms with Crippen LogP contribution >= 0.6 is 11.8 Å². The van der Waals surface area contributed by atoms with E-state index in [-0.39, 0.29) is 11.9 Å². The maximum Gasteiger partial charge on any atom is 0.189 e. The minimum Gasteiger partial charge on any atom is -0.493 e. The second-order valence-electron chi connectivity index (χ2n) is 5.79. The van der Waals surface area contributed by atoms with Crippen molar-refractivity contribution in [2.75, 3.05) is 18.9 Å². The van der Waals surface area contributed by atoms with E-state index >= 15 is 0 Å². The molecule has 0 aromatic heterocycles. The third kappa shape index (κ3) is 5.13. The molecule has 0 aliphatic carbocycles. The Morgan fingerprint density at radius 1 is 1.24 bits per heavy atom. The van der Waals surface area contributed by atoms with Crippen molar-refractivity contribution in [1.82, 2.24) is 5.32 Å². The number of guanidine groups is 1. The third-order valence-corrected chi connectivity index (χ3v) is 5.05. The topological polar surface area (TPSA) is 59.6 Å². The largest absolute Gasteiger partial charge is 0.493 e. The minimum atomic E-state index is -0.206. The molecule has 3 rings (SSSR count). The molecule has 0 fully saturated rings. The molecule has 0 amide bonds. The van der Waals surface area contributed by atoms with E-state index in [0.29, 0.717) is 19.1 Å². The highest BCUT2D eigenvalue weighted by atomic mass is 32.2. The molecular weight excluding hydrogens is 337 g/mol. The van der Waals surface area contributed by atoms with Gasteiger partial charge in [-0.15, -0.1) is 11.8 Å². The van der Waals surface area contributed by atoms with Crippen molar-refractivity contribution in [2.45, 2.75) is 23.8 Å². The standard InChI is InChI=1S/C19H22FN3OS/c20-14-6-8-15(9-7-14)25-13-3-11-22-19(21)23-17-10-12-24-18-5-2-1-4-16(17)18/h1-2,4-9,17H,3,10-13H2,(H3,21,22,23). The first kappa shape index (κ1) is 17.6. The van der Waals surface area contributed by atoms with Gasteiger partial charge in [0.15, 0.2) is 5.96 Å². The van der Waals surface area contributed by atoms with E-state index in [4.69, 9.17) is 10.5 Å². The smallest absolute Gasteiger partial charge is 0.189 e. The molecule has 25 heavy (non-hydrogen) atoms. The Balaban J connectivity index is 1.43. The number of thioether (sulfide) groups is 1. The number of rotatable bonds is 6. The van der Waals surface area contributed by atoms with Crippen molar-refractivity contribution in [3.05, 3.63) is 59.9 Å². The molecule has 0 saturated carbocycles. The lowest BCUT2D eigenvalue weighted by Crippen LogP contribution is -2.37. The molecule has 4 nitrogen and oxygen atoms in total. The number of hydrogen-bond acceptors (Lipinski definition) is 3. The van der Waals surface area contributed by atoms with Crippen molar-refractivity contribution < 1.29 is 9.13 Å². The fourth-order valence-electron chi connectivity index (χ4n) is 2.70. The van der Waals surface area contributed by atoms with Gasteiger partial charge in [-0.05, 0) is 42.5 Å². The molecule has 6 heteroatoms. The highest BCUT2D eigenvalue weighted by molar-refractivity contribution is 7.99. The lowest BCUT2D eigenvalue weighted by molar-refractivity contribution is 0.262. The molecule has 1 aliphatic heterocycles. The van der Waals surface area contributed by atoms with Gasteiger partial charge in [-0.3, -0.25) is 4.99 Å². The molecule has 1 atom stereocenters. The van der Waals surface area contributed by atoms with Crippen molar-refractivity contribution in [1.29, 1.82) is 0 Å². The van der Waals surface area contributed by atoms with E-state index in [2.05, 4.69) is 16.4 Å². The van der Waals surface area contributed by atoms with Gasteiger partial charge in [0, 0.05) is 23.4 Å². The number of halogens is 1. The predicted octanol–water partition coefficient (Wildman–Crippen LogP) is 3.74. The average Bonchev–Trinajstić information content (AvgIpc) is 2.63. The van der Waals surface area contributed by atoms with Gasteiger partial charge in [0.25, 0.3) is 0 Å². The summed E-state index contributed by atoms with van der Waals surface area (Å²) < 4.78 is 18.5. The summed E-state index contributed by atoms with van der Waals surface area (Å²) in [5, 5.41) is 3.29. The average molecular weight is 359 g/mol. The molecule has 1 aliphatic rings. The monoisotopic (exact) mass is 359 g/mol. The van der Waals surface area contributed by atoms with Gasteiger partial charge >= 0.3 is 0 Å². The van der Waals surface area contributed by atoms with Crippen LogP contribution in [0.1, 0.15) is 24.4 Å². The van der Waals surface area contributed by atoms with E-state index in [1.54, 1.807) is 23.9 Å². The van der Waals surface area contributed by atoms with Crippen LogP contribution in [0.3, 0.4) is 0 Å². The Hall–Kier alpha value is -2.21. The number of para-hydroxylation sites is 1. The zero-order valence-electron chi connectivity index (χ0n) is 14.0. The quantitative estimate of drug-likeness (QED) is 0.357. The first-order valence-electron chi connectivity index (χ1n) is 8.39. The summed E-state index contributed by atoms with van der Waals surface area (Å²) >= 11 is 1.69. The number of nitrogens with zero attached hydrogens (tertiary/aromatic N) is 1. The highest BCUT2D eigenvalue weighted by Gasteiger charge is 2.21. The Bertz CT molecular complexity index is 721. The number of hydrogen-bond donors (Lipinski definition) is 2. The molecule has 3 N–H and O–H groups in total. The van der Waals surface area contributed by atoms with Crippen LogP contribution < -0.4 is 15.8 Å². The third-order valence-electron chi connectivity index (χ3n) is 3.95. The predicted molar refractivity (Wildman–Crippen MR) is 101 cm³/mol. The second-order valence-corrected chi connectivity index (χ2v) is 6.96. The SMILES string of the molecule is NC(=NCCCSc1ccc(F)cc1)NC1CCOc2ccccc21. The molecular formula is C19H22FN3OS. The zero-order chi connectivity index (χ0) is 17.5. The van der Waals surface area contributed by atoms with Gasteiger partial charge in [0.2, 0.25) is 0 Å². The highest BCUT2D eigenvalue weighted by Crippen LogP contribution is 2.31. The van der Waals surface area contributed by atoms with Crippen LogP contribution in [-0.4, -0.2) is 24.9 Å². The number of aliphatic imine (C=N–C) groups is 1. The normalized spacial score (nSPS) is 16.8. The van der Waals surface area contributed by atoms with E-state index in [0.717, 1.165) is 34.8 Å². The Kier molecular flexibility index (Phi) is 6.17. The molecule has 0 saturated heterocycles. The summed E-state index contributed by atoms with van der Waals surface area (Å²) in [6, 6.07) is 14.7. The summed E-state index contributed by atoms with van der Waals surface area (Å²) in [7, 11) is 0. The van der Waals surface area contributed by atoms with Gasteiger partial charge in [-0.1, -0.05) is 18.2 Å². The summed E-state index contributed by atoms with van der Waals surface area (Å²) in [5.41, 5.74) is 7.15. The van der Waals surface area contributed by atoms with E-state index in [1.165, 1.54) is 12.1 Å². The number of ether oxygens (including phenoxy) is 1. The number of nitrogens with two attached hydrogens (primary N) is 1. The van der Waals surface area contributed by atoms with Crippen LogP contribution in [0.2, 0.25) is 0 Å². The molecule has 0 radical (unpaired) electrons. The van der Waals surface area contributed by atoms with E-state index in [1.807, 2.05) is 18.2 Å². The molecule has 1 unspecified atom stereocenters. The van der Waals surface area contributed by atoms with Crippen molar-refractivity contribution >= 4 is 17.7 Å². The fourth-order valence-corrected chi connectivity index (χ4v) is 3.54. The maximum atomic E-state index is 12.8. The summed E-state index contributed by atoms with van der Waals surface area (Å²) in [6.45, 7) is 1.34. The van der Waals surface area contributed by atoms with Gasteiger partial charge in [0.05, 0.1) is 12.6 Å². The van der Waals surface area contributed by atoms with Crippen molar-refractivity contribution in [2.24, 2.45) is 10.7 Å². The van der Waals surface area contributed by atoms with Crippen LogP contribution in [0.15, 0.2) is 58.4 Å². The van der Waals surface area contributed by atoms with Crippen LogP contribution in [-0.2, 0) is 0 Å². The molecule has 2 aromatic carbocycles. The summed E-state index contributed by atoms with van der Waals surface area (Å²) in [6.07, 6.45) is 1.78. The van der Waals surface area contributed by atoms with Crippen LogP contribution in [0.25, 0.3) is 0 Å². The van der Waals surface area contributed by atoms with Crippen molar-refractivity contribution in [3.8, 4) is 5.75 Å². The number of benzene rings is 2. The van der Waals surface area contributed by atoms with Crippen LogP contribution in [0.4, 0.5) is 4.39 Å². The minimum absolute atomic E-state index is 0.141. The maximum absolute atomic E-state index is 12.8. The summed E-state index contributed by atoms with van der Waals surface area (Å²) in [5.74, 6) is 2.09. The lowest BCUT2D eigenvalue weighted by atomic mass is 10.0. The molecule has 0 spiro atoms. The van der Waals surface area contributed by atoms with Gasteiger partial charge in [0.1, 0.15) is 11.6 Å². The van der Waals surface area contributed by atoms with Crippen molar-refractivity contribution in [3.63, 3.8) is 0 Å². The Morgan fingerprint density at radius 3 is 2.88 bits per heavy atom. The Labute approximate surface area is 151 Å². The summed E-state index contributed by atoms with van der Waals surface area (Å²) in [4.78, 5) is 5.47. The zero-order valence-corrected chi connectivity index (χ0v) is 14.8. The fraction of sp³-hybridized carbons (Fsp3) is 0.316. The Morgan fingerprint density at radius 2 is 2.04 bits per heavy atom. The molecule has 1 heterocycles. The van der Waals surface area contributed by atoms with Gasteiger partial charge in [-0.2, -0.15) is 0 Å².